The van der Waals surface area contributed by atoms with Crippen LogP contribution in [0.15, 0.2) is 22.7 Å². The molecule has 2 N–H and O–H groups in total. The summed E-state index contributed by atoms with van der Waals surface area (Å²) in [6.07, 6.45) is 0. The van der Waals surface area contributed by atoms with Gasteiger partial charge in [0.25, 0.3) is 0 Å². The molecule has 0 aliphatic carbocycles. The van der Waals surface area contributed by atoms with Crippen molar-refractivity contribution in [3.63, 3.8) is 0 Å². The Morgan fingerprint density at radius 1 is 1.35 bits per heavy atom. The van der Waals surface area contributed by atoms with E-state index in [2.05, 4.69) is 10.1 Å². The molecule has 2 rings (SSSR count). The summed E-state index contributed by atoms with van der Waals surface area (Å²) in [7, 11) is 0. The molecule has 0 saturated heterocycles. The van der Waals surface area contributed by atoms with Crippen LogP contribution in [0.1, 0.15) is 25.3 Å². The first-order valence-corrected chi connectivity index (χ1v) is 5.27. The Bertz CT molecular complexity index is 543. The number of nitrogens with two attached hydrogens (primary N) is 1. The molecular weight excluding hydrogens is 221 g/mol. The summed E-state index contributed by atoms with van der Waals surface area (Å²) < 4.78 is 18.4. The van der Waals surface area contributed by atoms with Gasteiger partial charge in [-0.25, -0.2) is 4.39 Å². The van der Waals surface area contributed by atoms with Gasteiger partial charge in [-0.15, -0.1) is 0 Å². The number of aromatic nitrogens is 2. The molecule has 5 heteroatoms. The number of nitrogens with zero attached hydrogens (tertiary/aromatic N) is 2. The summed E-state index contributed by atoms with van der Waals surface area (Å²) >= 11 is 0. The fourth-order valence-electron chi connectivity index (χ4n) is 1.33. The minimum absolute atomic E-state index is 0.291. The van der Waals surface area contributed by atoms with Crippen molar-refractivity contribution in [2.45, 2.75) is 26.3 Å². The van der Waals surface area contributed by atoms with Crippen LogP contribution in [0, 0.1) is 12.7 Å². The van der Waals surface area contributed by atoms with Crippen LogP contribution in [0.2, 0.25) is 0 Å². The predicted octanol–water partition coefficient (Wildman–Crippen LogP) is 2.38. The summed E-state index contributed by atoms with van der Waals surface area (Å²) in [5, 5.41) is 3.79. The van der Waals surface area contributed by atoms with E-state index in [0.717, 1.165) is 0 Å². The SMILES string of the molecule is Cc1ccc(-c2noc(C(C)(C)N)n2)cc1F. The lowest BCUT2D eigenvalue weighted by Gasteiger charge is -2.10. The number of halogens is 1. The van der Waals surface area contributed by atoms with Gasteiger partial charge in [-0.05, 0) is 32.4 Å². The second kappa shape index (κ2) is 3.92. The zero-order valence-electron chi connectivity index (χ0n) is 9.99. The maximum absolute atomic E-state index is 13.4. The Labute approximate surface area is 98.6 Å². The predicted molar refractivity (Wildman–Crippen MR) is 61.6 cm³/mol. The lowest BCUT2D eigenvalue weighted by Crippen LogP contribution is -2.28. The molecule has 0 spiro atoms. The minimum atomic E-state index is -0.700. The number of hydrogen-bond acceptors (Lipinski definition) is 4. The average Bonchev–Trinajstić information content (AvgIpc) is 2.70. The second-order valence-electron chi connectivity index (χ2n) is 4.61. The van der Waals surface area contributed by atoms with E-state index in [1.165, 1.54) is 6.07 Å². The molecule has 1 aromatic carbocycles. The molecule has 90 valence electrons. The maximum Gasteiger partial charge on any atom is 0.246 e. The molecule has 0 aliphatic heterocycles. The summed E-state index contributed by atoms with van der Waals surface area (Å²) in [6.45, 7) is 5.23. The zero-order chi connectivity index (χ0) is 12.6. The molecule has 2 aromatic rings. The summed E-state index contributed by atoms with van der Waals surface area (Å²) in [4.78, 5) is 4.15. The topological polar surface area (TPSA) is 64.9 Å². The van der Waals surface area contributed by atoms with Gasteiger partial charge in [-0.2, -0.15) is 4.98 Å². The first-order chi connectivity index (χ1) is 7.88. The molecule has 0 radical (unpaired) electrons. The van der Waals surface area contributed by atoms with E-state index in [9.17, 15) is 4.39 Å². The van der Waals surface area contributed by atoms with Gasteiger partial charge in [-0.1, -0.05) is 17.3 Å². The van der Waals surface area contributed by atoms with Gasteiger partial charge in [0, 0.05) is 5.56 Å². The lowest BCUT2D eigenvalue weighted by molar-refractivity contribution is 0.312. The third-order valence-corrected chi connectivity index (χ3v) is 2.41. The van der Waals surface area contributed by atoms with Crippen molar-refractivity contribution in [3.8, 4) is 11.4 Å². The molecular formula is C12H14FN3O. The fraction of sp³-hybridized carbons (Fsp3) is 0.333. The van der Waals surface area contributed by atoms with E-state index in [4.69, 9.17) is 10.3 Å². The van der Waals surface area contributed by atoms with E-state index in [0.29, 0.717) is 22.8 Å². The van der Waals surface area contributed by atoms with Crippen LogP contribution in [-0.2, 0) is 5.54 Å². The van der Waals surface area contributed by atoms with Gasteiger partial charge < -0.3 is 10.3 Å². The standard InChI is InChI=1S/C12H14FN3O/c1-7-4-5-8(6-9(7)13)10-15-11(17-16-10)12(2,3)14/h4-6H,14H2,1-3H3. The van der Waals surface area contributed by atoms with E-state index in [-0.39, 0.29) is 5.82 Å². The van der Waals surface area contributed by atoms with E-state index in [1.54, 1.807) is 32.9 Å². The number of aryl methyl sites for hydroxylation is 1. The Morgan fingerprint density at radius 2 is 2.06 bits per heavy atom. The van der Waals surface area contributed by atoms with Crippen molar-refractivity contribution in [3.05, 3.63) is 35.5 Å². The van der Waals surface area contributed by atoms with E-state index < -0.39 is 5.54 Å². The first-order valence-electron chi connectivity index (χ1n) is 5.27. The lowest BCUT2D eigenvalue weighted by atomic mass is 10.1. The molecule has 0 amide bonds. The quantitative estimate of drug-likeness (QED) is 0.867. The smallest absolute Gasteiger partial charge is 0.246 e. The van der Waals surface area contributed by atoms with Crippen LogP contribution in [-0.4, -0.2) is 10.1 Å². The molecule has 0 bridgehead atoms. The highest BCUT2D eigenvalue weighted by molar-refractivity contribution is 5.55. The normalized spacial score (nSPS) is 11.8. The van der Waals surface area contributed by atoms with Gasteiger partial charge in [0.1, 0.15) is 5.82 Å². The van der Waals surface area contributed by atoms with E-state index in [1.807, 2.05) is 0 Å². The molecule has 0 aliphatic rings. The molecule has 0 fully saturated rings. The van der Waals surface area contributed by atoms with Crippen LogP contribution >= 0.6 is 0 Å². The maximum atomic E-state index is 13.4. The third kappa shape index (κ3) is 2.34. The molecule has 0 atom stereocenters. The van der Waals surface area contributed by atoms with Gasteiger partial charge in [0.05, 0.1) is 5.54 Å². The summed E-state index contributed by atoms with van der Waals surface area (Å²) in [5.74, 6) is 0.381. The molecule has 0 unspecified atom stereocenters. The van der Waals surface area contributed by atoms with Crippen LogP contribution < -0.4 is 5.73 Å². The van der Waals surface area contributed by atoms with E-state index >= 15 is 0 Å². The minimum Gasteiger partial charge on any atom is -0.337 e. The fourth-order valence-corrected chi connectivity index (χ4v) is 1.33. The van der Waals surface area contributed by atoms with Crippen molar-refractivity contribution in [1.82, 2.24) is 10.1 Å². The molecule has 4 nitrogen and oxygen atoms in total. The largest absolute Gasteiger partial charge is 0.337 e. The summed E-state index contributed by atoms with van der Waals surface area (Å²) in [6, 6.07) is 4.80. The Morgan fingerprint density at radius 3 is 2.59 bits per heavy atom. The Hall–Kier alpha value is -1.75. The van der Waals surface area contributed by atoms with Crippen LogP contribution in [0.3, 0.4) is 0 Å². The van der Waals surface area contributed by atoms with Crippen LogP contribution in [0.5, 0.6) is 0 Å². The highest BCUT2D eigenvalue weighted by Crippen LogP contribution is 2.22. The van der Waals surface area contributed by atoms with Gasteiger partial charge in [-0.3, -0.25) is 0 Å². The van der Waals surface area contributed by atoms with Crippen molar-refractivity contribution < 1.29 is 8.91 Å². The highest BCUT2D eigenvalue weighted by atomic mass is 19.1. The van der Waals surface area contributed by atoms with Crippen molar-refractivity contribution in [2.75, 3.05) is 0 Å². The Kier molecular flexibility index (Phi) is 2.71. The molecule has 17 heavy (non-hydrogen) atoms. The van der Waals surface area contributed by atoms with Gasteiger partial charge >= 0.3 is 0 Å². The monoisotopic (exact) mass is 235 g/mol. The van der Waals surface area contributed by atoms with Crippen molar-refractivity contribution >= 4 is 0 Å². The van der Waals surface area contributed by atoms with Crippen molar-refractivity contribution in [2.24, 2.45) is 5.73 Å². The highest BCUT2D eigenvalue weighted by Gasteiger charge is 2.22. The number of rotatable bonds is 2. The second-order valence-corrected chi connectivity index (χ2v) is 4.61. The number of benzene rings is 1. The average molecular weight is 235 g/mol. The number of hydrogen-bond donors (Lipinski definition) is 1. The zero-order valence-corrected chi connectivity index (χ0v) is 9.99. The van der Waals surface area contributed by atoms with Gasteiger partial charge in [0.2, 0.25) is 11.7 Å². The van der Waals surface area contributed by atoms with Crippen LogP contribution in [0.25, 0.3) is 11.4 Å². The molecule has 0 saturated carbocycles. The van der Waals surface area contributed by atoms with Crippen molar-refractivity contribution in [1.29, 1.82) is 0 Å². The molecule has 1 heterocycles. The first kappa shape index (κ1) is 11.7. The van der Waals surface area contributed by atoms with Crippen LogP contribution in [0.4, 0.5) is 4.39 Å². The Balaban J connectivity index is 2.40. The summed E-state index contributed by atoms with van der Waals surface area (Å²) in [5.41, 5.74) is 6.29. The molecule has 1 aromatic heterocycles. The third-order valence-electron chi connectivity index (χ3n) is 2.41. The van der Waals surface area contributed by atoms with Gasteiger partial charge in [0.15, 0.2) is 0 Å².